The highest BCUT2D eigenvalue weighted by atomic mass is 32.2. The van der Waals surface area contributed by atoms with Crippen molar-refractivity contribution >= 4 is 34.0 Å². The van der Waals surface area contributed by atoms with Gasteiger partial charge in [0.15, 0.2) is 9.84 Å². The van der Waals surface area contributed by atoms with Crippen LogP contribution >= 0.6 is 0 Å². The summed E-state index contributed by atoms with van der Waals surface area (Å²) >= 11 is 0. The van der Waals surface area contributed by atoms with Crippen LogP contribution in [0.4, 0.5) is 5.69 Å². The SMILES string of the molecule is Cc1ccc(S(=O)(=O)Cc2ccc3c(c2)B(O)OC3)c(NC(=O)CN)c1. The predicted molar refractivity (Wildman–Crippen MR) is 98.6 cm³/mol. The molecule has 136 valence electrons. The fraction of sp³-hybridized carbons (Fsp3) is 0.235. The van der Waals surface area contributed by atoms with Gasteiger partial charge >= 0.3 is 7.12 Å². The van der Waals surface area contributed by atoms with E-state index >= 15 is 0 Å². The van der Waals surface area contributed by atoms with Crippen molar-refractivity contribution in [2.24, 2.45) is 5.73 Å². The standard InChI is InChI=1S/C17H19BN2O5S/c1-11-2-5-16(15(6-11)20-17(21)8-19)26(23,24)10-12-3-4-13-9-25-18(22)14(13)7-12/h2-7,22H,8-10,19H2,1H3,(H,20,21). The van der Waals surface area contributed by atoms with E-state index in [0.717, 1.165) is 11.1 Å². The fourth-order valence-corrected chi connectivity index (χ4v) is 4.36. The van der Waals surface area contributed by atoms with Gasteiger partial charge in [-0.1, -0.05) is 24.3 Å². The molecule has 9 heteroatoms. The van der Waals surface area contributed by atoms with E-state index in [9.17, 15) is 18.2 Å². The molecule has 0 aromatic heterocycles. The van der Waals surface area contributed by atoms with E-state index < -0.39 is 22.9 Å². The summed E-state index contributed by atoms with van der Waals surface area (Å²) in [6.07, 6.45) is 0. The van der Waals surface area contributed by atoms with Gasteiger partial charge in [-0.2, -0.15) is 0 Å². The number of sulfone groups is 1. The van der Waals surface area contributed by atoms with E-state index in [1.165, 1.54) is 6.07 Å². The van der Waals surface area contributed by atoms with Crippen molar-refractivity contribution in [3.05, 3.63) is 53.1 Å². The number of anilines is 1. The Morgan fingerprint density at radius 1 is 1.31 bits per heavy atom. The van der Waals surface area contributed by atoms with Gasteiger partial charge < -0.3 is 20.7 Å². The van der Waals surface area contributed by atoms with Crippen LogP contribution in [0.5, 0.6) is 0 Å². The molecule has 0 spiro atoms. The summed E-state index contributed by atoms with van der Waals surface area (Å²) < 4.78 is 30.9. The molecular weight excluding hydrogens is 355 g/mol. The fourth-order valence-electron chi connectivity index (χ4n) is 2.87. The number of aryl methyl sites for hydroxylation is 1. The molecule has 0 unspecified atom stereocenters. The van der Waals surface area contributed by atoms with E-state index in [-0.39, 0.29) is 22.9 Å². The van der Waals surface area contributed by atoms with Gasteiger partial charge in [0.25, 0.3) is 0 Å². The van der Waals surface area contributed by atoms with Gasteiger partial charge in [-0.05, 0) is 41.2 Å². The Morgan fingerprint density at radius 3 is 2.81 bits per heavy atom. The van der Waals surface area contributed by atoms with Crippen LogP contribution in [-0.4, -0.2) is 33.0 Å². The molecule has 1 aliphatic heterocycles. The molecule has 2 aromatic carbocycles. The smallest absolute Gasteiger partial charge is 0.423 e. The maximum Gasteiger partial charge on any atom is 0.491 e. The van der Waals surface area contributed by atoms with Crippen LogP contribution in [0.1, 0.15) is 16.7 Å². The van der Waals surface area contributed by atoms with Crippen LogP contribution in [0.2, 0.25) is 0 Å². The molecule has 1 amide bonds. The number of hydrogen-bond acceptors (Lipinski definition) is 6. The molecule has 26 heavy (non-hydrogen) atoms. The van der Waals surface area contributed by atoms with Crippen molar-refractivity contribution in [1.82, 2.24) is 0 Å². The Labute approximate surface area is 152 Å². The largest absolute Gasteiger partial charge is 0.491 e. The highest BCUT2D eigenvalue weighted by molar-refractivity contribution is 7.90. The molecule has 0 atom stereocenters. The third kappa shape index (κ3) is 3.80. The van der Waals surface area contributed by atoms with Gasteiger partial charge in [-0.25, -0.2) is 8.42 Å². The Balaban J connectivity index is 1.94. The average molecular weight is 374 g/mol. The van der Waals surface area contributed by atoms with Gasteiger partial charge in [0, 0.05) is 0 Å². The minimum atomic E-state index is -3.73. The lowest BCUT2D eigenvalue weighted by Crippen LogP contribution is -2.28. The Bertz CT molecular complexity index is 962. The topological polar surface area (TPSA) is 119 Å². The summed E-state index contributed by atoms with van der Waals surface area (Å²) in [5.74, 6) is -0.730. The van der Waals surface area contributed by atoms with E-state index in [2.05, 4.69) is 5.32 Å². The third-order valence-corrected chi connectivity index (χ3v) is 5.90. The van der Waals surface area contributed by atoms with Gasteiger partial charge in [-0.3, -0.25) is 4.79 Å². The lowest BCUT2D eigenvalue weighted by molar-refractivity contribution is -0.114. The number of nitrogens with one attached hydrogen (secondary N) is 1. The first-order chi connectivity index (χ1) is 12.3. The molecule has 7 nitrogen and oxygen atoms in total. The zero-order valence-electron chi connectivity index (χ0n) is 14.2. The van der Waals surface area contributed by atoms with Gasteiger partial charge in [-0.15, -0.1) is 0 Å². The summed E-state index contributed by atoms with van der Waals surface area (Å²) in [5, 5.41) is 12.3. The average Bonchev–Trinajstić information content (AvgIpc) is 2.95. The van der Waals surface area contributed by atoms with Crippen LogP contribution in [0.15, 0.2) is 41.3 Å². The molecule has 0 bridgehead atoms. The summed E-state index contributed by atoms with van der Waals surface area (Å²) in [5.41, 5.74) is 8.29. The molecule has 0 fully saturated rings. The normalized spacial score (nSPS) is 13.6. The zero-order chi connectivity index (χ0) is 18.9. The second-order valence-corrected chi connectivity index (χ2v) is 8.17. The maximum absolute atomic E-state index is 12.9. The number of carbonyl (C=O) groups excluding carboxylic acids is 1. The minimum absolute atomic E-state index is 0.0298. The number of hydrogen-bond donors (Lipinski definition) is 3. The Morgan fingerprint density at radius 2 is 2.08 bits per heavy atom. The zero-order valence-corrected chi connectivity index (χ0v) is 15.0. The summed E-state index contributed by atoms with van der Waals surface area (Å²) in [6, 6.07) is 9.83. The van der Waals surface area contributed by atoms with Gasteiger partial charge in [0.1, 0.15) is 0 Å². The molecule has 0 saturated carbocycles. The number of fused-ring (bicyclic) bond motifs is 1. The van der Waals surface area contributed by atoms with Gasteiger partial charge in [0.05, 0.1) is 29.5 Å². The number of amides is 1. The van der Waals surface area contributed by atoms with Crippen LogP contribution in [-0.2, 0) is 31.6 Å². The quantitative estimate of drug-likeness (QED) is 0.638. The number of rotatable bonds is 5. The van der Waals surface area contributed by atoms with Crippen molar-refractivity contribution in [3.63, 3.8) is 0 Å². The van der Waals surface area contributed by atoms with Crippen LogP contribution < -0.4 is 16.5 Å². The number of carbonyl (C=O) groups is 1. The molecule has 0 radical (unpaired) electrons. The monoisotopic (exact) mass is 374 g/mol. The van der Waals surface area contributed by atoms with Crippen LogP contribution in [0.25, 0.3) is 0 Å². The van der Waals surface area contributed by atoms with E-state index in [1.807, 2.05) is 0 Å². The van der Waals surface area contributed by atoms with Crippen molar-refractivity contribution in [2.45, 2.75) is 24.2 Å². The molecule has 1 aliphatic rings. The lowest BCUT2D eigenvalue weighted by Gasteiger charge is -2.13. The minimum Gasteiger partial charge on any atom is -0.423 e. The number of nitrogens with two attached hydrogens (primary N) is 1. The molecule has 3 rings (SSSR count). The van der Waals surface area contributed by atoms with E-state index in [1.54, 1.807) is 37.3 Å². The Hall–Kier alpha value is -2.20. The molecule has 1 heterocycles. The van der Waals surface area contributed by atoms with Gasteiger partial charge in [0.2, 0.25) is 5.91 Å². The third-order valence-electron chi connectivity index (χ3n) is 4.16. The molecule has 4 N–H and O–H groups in total. The molecular formula is C17H19BN2O5S. The first-order valence-electron chi connectivity index (χ1n) is 8.05. The summed E-state index contributed by atoms with van der Waals surface area (Å²) in [6.45, 7) is 1.86. The predicted octanol–water partition coefficient (Wildman–Crippen LogP) is 0.0838. The second-order valence-electron chi connectivity index (χ2n) is 6.21. The van der Waals surface area contributed by atoms with E-state index in [4.69, 9.17) is 10.4 Å². The summed E-state index contributed by atoms with van der Waals surface area (Å²) in [7, 11) is -4.76. The first kappa shape index (κ1) is 18.6. The molecule has 0 aliphatic carbocycles. The molecule has 0 saturated heterocycles. The highest BCUT2D eigenvalue weighted by Gasteiger charge is 2.28. The van der Waals surface area contributed by atoms with Crippen molar-refractivity contribution < 1.29 is 22.9 Å². The maximum atomic E-state index is 12.9. The lowest BCUT2D eigenvalue weighted by atomic mass is 9.79. The van der Waals surface area contributed by atoms with Crippen molar-refractivity contribution in [1.29, 1.82) is 0 Å². The van der Waals surface area contributed by atoms with Crippen LogP contribution in [0, 0.1) is 6.92 Å². The molecule has 2 aromatic rings. The highest BCUT2D eigenvalue weighted by Crippen LogP contribution is 2.26. The number of benzene rings is 2. The summed E-state index contributed by atoms with van der Waals surface area (Å²) in [4.78, 5) is 11.7. The van der Waals surface area contributed by atoms with Crippen molar-refractivity contribution in [3.8, 4) is 0 Å². The first-order valence-corrected chi connectivity index (χ1v) is 9.70. The van der Waals surface area contributed by atoms with E-state index in [0.29, 0.717) is 17.6 Å². The van der Waals surface area contributed by atoms with Crippen LogP contribution in [0.3, 0.4) is 0 Å². The van der Waals surface area contributed by atoms with Crippen molar-refractivity contribution in [2.75, 3.05) is 11.9 Å². The Kier molecular flexibility index (Phi) is 5.15. The second kappa shape index (κ2) is 7.20.